The van der Waals surface area contributed by atoms with Gasteiger partial charge in [0, 0.05) is 30.4 Å². The van der Waals surface area contributed by atoms with Gasteiger partial charge < -0.3 is 9.15 Å². The first-order valence-corrected chi connectivity index (χ1v) is 10.6. The SMILES string of the molecule is O=C1N2C(=N/[N+]1=C\C1CC(Oc3nc4ccccc4o3)C1)CC[C@H]2c1cc(F)cc(F)c1. The van der Waals surface area contributed by atoms with Crippen LogP contribution < -0.4 is 4.74 Å². The maximum atomic E-state index is 13.7. The van der Waals surface area contributed by atoms with Crippen LogP contribution in [0.15, 0.2) is 52.0 Å². The average molecular weight is 437 g/mol. The third-order valence-electron chi connectivity index (χ3n) is 6.15. The Morgan fingerprint density at radius 1 is 1.16 bits per heavy atom. The Labute approximate surface area is 181 Å². The third kappa shape index (κ3) is 3.24. The molecular formula is C23H19F2N4O3+. The van der Waals surface area contributed by atoms with Crippen LogP contribution in [0.1, 0.15) is 37.3 Å². The van der Waals surface area contributed by atoms with E-state index >= 15 is 0 Å². The number of hydrogen-bond acceptors (Lipinski definition) is 5. The highest BCUT2D eigenvalue weighted by Crippen LogP contribution is 2.37. The molecule has 1 atom stereocenters. The number of hydrogen-bond donors (Lipinski definition) is 0. The number of para-hydroxylation sites is 2. The number of urea groups is 1. The van der Waals surface area contributed by atoms with Crippen LogP contribution in [0.4, 0.5) is 13.6 Å². The summed E-state index contributed by atoms with van der Waals surface area (Å²) >= 11 is 0. The van der Waals surface area contributed by atoms with Crippen LogP contribution in [-0.4, -0.2) is 38.8 Å². The minimum atomic E-state index is -0.653. The highest BCUT2D eigenvalue weighted by Gasteiger charge is 2.50. The van der Waals surface area contributed by atoms with Crippen LogP contribution in [0.5, 0.6) is 6.08 Å². The Kier molecular flexibility index (Phi) is 4.31. The normalized spacial score (nSPS) is 25.9. The monoisotopic (exact) mass is 437 g/mol. The molecule has 2 aliphatic heterocycles. The number of oxazole rings is 1. The summed E-state index contributed by atoms with van der Waals surface area (Å²) < 4.78 is 40.1. The number of carbonyl (C=O) groups is 1. The number of aromatic nitrogens is 1. The Bertz CT molecular complexity index is 1240. The minimum Gasteiger partial charge on any atom is -0.447 e. The summed E-state index contributed by atoms with van der Waals surface area (Å²) in [5.41, 5.74) is 1.87. The molecule has 3 aromatic rings. The lowest BCUT2D eigenvalue weighted by Gasteiger charge is -2.30. The largest absolute Gasteiger partial charge is 0.525 e. The molecule has 2 fully saturated rings. The summed E-state index contributed by atoms with van der Waals surface area (Å²) in [6.07, 6.45) is 4.59. The predicted molar refractivity (Wildman–Crippen MR) is 110 cm³/mol. The molecule has 0 bridgehead atoms. The molecule has 7 nitrogen and oxygen atoms in total. The number of rotatable bonds is 4. The molecular weight excluding hydrogens is 418 g/mol. The van der Waals surface area contributed by atoms with E-state index in [1.54, 1.807) is 6.21 Å². The zero-order chi connectivity index (χ0) is 21.8. The average Bonchev–Trinajstić information content (AvgIpc) is 3.40. The first-order valence-electron chi connectivity index (χ1n) is 10.6. The van der Waals surface area contributed by atoms with E-state index in [1.165, 1.54) is 21.7 Å². The van der Waals surface area contributed by atoms with Gasteiger partial charge in [0.05, 0.1) is 0 Å². The lowest BCUT2D eigenvalue weighted by molar-refractivity contribution is -0.428. The number of nitrogens with zero attached hydrogens (tertiary/aromatic N) is 4. The lowest BCUT2D eigenvalue weighted by Crippen LogP contribution is -2.38. The van der Waals surface area contributed by atoms with Gasteiger partial charge in [0.2, 0.25) is 5.84 Å². The quantitative estimate of drug-likeness (QED) is 0.558. The van der Waals surface area contributed by atoms with E-state index in [0.717, 1.165) is 11.6 Å². The Morgan fingerprint density at radius 2 is 1.94 bits per heavy atom. The highest BCUT2D eigenvalue weighted by molar-refractivity contribution is 6.00. The number of carbonyl (C=O) groups excluding carboxylic acids is 1. The fourth-order valence-electron chi connectivity index (χ4n) is 4.56. The molecule has 0 N–H and O–H groups in total. The van der Waals surface area contributed by atoms with Crippen LogP contribution >= 0.6 is 0 Å². The molecule has 0 radical (unpaired) electrons. The molecule has 1 saturated carbocycles. The molecule has 1 aliphatic carbocycles. The van der Waals surface area contributed by atoms with Crippen molar-refractivity contribution < 1.29 is 27.4 Å². The first-order chi connectivity index (χ1) is 15.5. The summed E-state index contributed by atoms with van der Waals surface area (Å²) in [4.78, 5) is 18.8. The standard InChI is InChI=1S/C23H19F2N4O3/c24-15-9-14(10-16(25)11-15)19-5-6-21-27-28(23(30)29(19)21)12-13-7-17(8-13)31-22-26-18-3-1-2-4-20(18)32-22/h1-4,9-13,17,19H,5-8H2/q+1/b28-12-/t13?,17?,19-/m0/s1. The molecule has 3 heterocycles. The molecule has 2 amide bonds. The van der Waals surface area contributed by atoms with Crippen molar-refractivity contribution in [2.75, 3.05) is 0 Å². The molecule has 32 heavy (non-hydrogen) atoms. The van der Waals surface area contributed by atoms with E-state index in [0.29, 0.717) is 42.7 Å². The van der Waals surface area contributed by atoms with Crippen LogP contribution in [0.2, 0.25) is 0 Å². The van der Waals surface area contributed by atoms with Crippen molar-refractivity contribution in [1.82, 2.24) is 9.88 Å². The number of halogens is 2. The number of ether oxygens (including phenoxy) is 1. The van der Waals surface area contributed by atoms with E-state index in [4.69, 9.17) is 9.15 Å². The van der Waals surface area contributed by atoms with Gasteiger partial charge in [-0.1, -0.05) is 16.8 Å². The summed E-state index contributed by atoms with van der Waals surface area (Å²) in [5.74, 6) is -0.554. The highest BCUT2D eigenvalue weighted by atomic mass is 19.1. The second-order valence-electron chi connectivity index (χ2n) is 8.34. The molecule has 1 aromatic heterocycles. The van der Waals surface area contributed by atoms with Gasteiger partial charge in [-0.25, -0.2) is 8.78 Å². The van der Waals surface area contributed by atoms with Crippen molar-refractivity contribution in [3.8, 4) is 6.08 Å². The number of benzene rings is 2. The second-order valence-corrected chi connectivity index (χ2v) is 8.34. The number of amides is 2. The maximum Gasteiger partial charge on any atom is 0.525 e. The number of fused-ring (bicyclic) bond motifs is 2. The van der Waals surface area contributed by atoms with Crippen LogP contribution in [0.25, 0.3) is 11.1 Å². The fourth-order valence-corrected chi connectivity index (χ4v) is 4.56. The van der Waals surface area contributed by atoms with E-state index in [-0.39, 0.29) is 24.1 Å². The Balaban J connectivity index is 1.12. The van der Waals surface area contributed by atoms with Crippen molar-refractivity contribution in [3.63, 3.8) is 0 Å². The minimum absolute atomic E-state index is 0.0440. The van der Waals surface area contributed by atoms with E-state index < -0.39 is 17.7 Å². The van der Waals surface area contributed by atoms with Gasteiger partial charge in [-0.2, -0.15) is 14.7 Å². The van der Waals surface area contributed by atoms with Gasteiger partial charge >= 0.3 is 12.1 Å². The molecule has 0 unspecified atom stereocenters. The predicted octanol–water partition coefficient (Wildman–Crippen LogP) is 4.63. The molecule has 2 aromatic carbocycles. The van der Waals surface area contributed by atoms with Gasteiger partial charge in [0.1, 0.15) is 35.5 Å². The van der Waals surface area contributed by atoms with Crippen molar-refractivity contribution in [3.05, 3.63) is 59.7 Å². The molecule has 0 spiro atoms. The van der Waals surface area contributed by atoms with Crippen molar-refractivity contribution in [2.45, 2.75) is 37.8 Å². The lowest BCUT2D eigenvalue weighted by atomic mass is 9.83. The molecule has 9 heteroatoms. The summed E-state index contributed by atoms with van der Waals surface area (Å²) in [6.45, 7) is 0. The van der Waals surface area contributed by atoms with Crippen LogP contribution in [-0.2, 0) is 0 Å². The smallest absolute Gasteiger partial charge is 0.447 e. The van der Waals surface area contributed by atoms with Crippen molar-refractivity contribution >= 4 is 29.2 Å². The summed E-state index contributed by atoms with van der Waals surface area (Å²) in [6, 6.07) is 10.1. The van der Waals surface area contributed by atoms with E-state index in [9.17, 15) is 13.6 Å². The molecule has 6 rings (SSSR count). The van der Waals surface area contributed by atoms with E-state index in [2.05, 4.69) is 10.1 Å². The molecule has 1 saturated heterocycles. The Hall–Kier alpha value is -3.62. The summed E-state index contributed by atoms with van der Waals surface area (Å²) in [5, 5.41) is 4.42. The van der Waals surface area contributed by atoms with Crippen molar-refractivity contribution in [1.29, 1.82) is 0 Å². The maximum absolute atomic E-state index is 13.7. The van der Waals surface area contributed by atoms with Gasteiger partial charge in [-0.05, 0) is 42.2 Å². The summed E-state index contributed by atoms with van der Waals surface area (Å²) in [7, 11) is 0. The topological polar surface area (TPSA) is 70.9 Å². The zero-order valence-corrected chi connectivity index (χ0v) is 16.9. The Morgan fingerprint density at radius 3 is 2.72 bits per heavy atom. The van der Waals surface area contributed by atoms with Gasteiger partial charge in [0.25, 0.3) is 0 Å². The number of amidine groups is 1. The van der Waals surface area contributed by atoms with Gasteiger partial charge in [-0.15, -0.1) is 0 Å². The van der Waals surface area contributed by atoms with Crippen molar-refractivity contribution in [2.24, 2.45) is 11.0 Å². The fraction of sp³-hybridized carbons (Fsp3) is 0.304. The molecule has 162 valence electrons. The third-order valence-corrected chi connectivity index (χ3v) is 6.15. The van der Waals surface area contributed by atoms with Crippen LogP contribution in [0.3, 0.4) is 0 Å². The van der Waals surface area contributed by atoms with Gasteiger partial charge in [-0.3, -0.25) is 0 Å². The van der Waals surface area contributed by atoms with E-state index in [1.807, 2.05) is 24.3 Å². The zero-order valence-electron chi connectivity index (χ0n) is 16.9. The number of hydrazone groups is 1. The first kappa shape index (κ1) is 19.1. The molecule has 3 aliphatic rings. The van der Waals surface area contributed by atoms with Crippen LogP contribution in [0, 0.1) is 17.6 Å². The second kappa shape index (κ2) is 7.22. The van der Waals surface area contributed by atoms with Gasteiger partial charge in [0.15, 0.2) is 5.58 Å².